The van der Waals surface area contributed by atoms with Crippen LogP contribution >= 0.6 is 24.2 Å². The second kappa shape index (κ2) is 7.86. The standard InChI is InChI=1S/C14H21ClN2O2SSi/c1-10(18)17-13(8-20)14(19)16-9-21(2,3)12-6-4-11(15)5-7-12/h4-7,13,20H,8-9H2,1-3H3,(H,16,19)(H,17,18). The van der Waals surface area contributed by atoms with Crippen molar-refractivity contribution in [2.45, 2.75) is 26.1 Å². The maximum Gasteiger partial charge on any atom is 0.243 e. The summed E-state index contributed by atoms with van der Waals surface area (Å²) in [7, 11) is -1.79. The lowest BCUT2D eigenvalue weighted by molar-refractivity contribution is -0.127. The molecular formula is C14H21ClN2O2SSi. The molecule has 4 nitrogen and oxygen atoms in total. The van der Waals surface area contributed by atoms with E-state index in [-0.39, 0.29) is 17.6 Å². The summed E-state index contributed by atoms with van der Waals surface area (Å²) in [4.78, 5) is 23.1. The quantitative estimate of drug-likeness (QED) is 0.539. The summed E-state index contributed by atoms with van der Waals surface area (Å²) in [6.07, 6.45) is 0.595. The minimum absolute atomic E-state index is 0.199. The van der Waals surface area contributed by atoms with Gasteiger partial charge < -0.3 is 10.6 Å². The van der Waals surface area contributed by atoms with Crippen LogP contribution in [0.1, 0.15) is 6.92 Å². The molecule has 0 saturated carbocycles. The number of hydrogen-bond acceptors (Lipinski definition) is 3. The van der Waals surface area contributed by atoms with Crippen LogP contribution in [0.4, 0.5) is 0 Å². The molecule has 0 bridgehead atoms. The summed E-state index contributed by atoms with van der Waals surface area (Å²) in [5.41, 5.74) is 0. The average molecular weight is 345 g/mol. The highest BCUT2D eigenvalue weighted by molar-refractivity contribution is 7.80. The van der Waals surface area contributed by atoms with Gasteiger partial charge in [0.05, 0.1) is 0 Å². The second-order valence-corrected chi connectivity index (χ2v) is 11.0. The molecule has 0 aromatic heterocycles. The zero-order valence-corrected chi connectivity index (χ0v) is 15.1. The highest BCUT2D eigenvalue weighted by atomic mass is 35.5. The van der Waals surface area contributed by atoms with Gasteiger partial charge in [0.25, 0.3) is 0 Å². The Morgan fingerprint density at radius 3 is 2.33 bits per heavy atom. The molecule has 1 aromatic rings. The van der Waals surface area contributed by atoms with Crippen LogP contribution in [0.25, 0.3) is 0 Å². The van der Waals surface area contributed by atoms with E-state index in [1.807, 2.05) is 24.3 Å². The lowest BCUT2D eigenvalue weighted by Crippen LogP contribution is -2.55. The minimum Gasteiger partial charge on any atom is -0.357 e. The van der Waals surface area contributed by atoms with E-state index < -0.39 is 14.1 Å². The van der Waals surface area contributed by atoms with Gasteiger partial charge in [-0.25, -0.2) is 0 Å². The smallest absolute Gasteiger partial charge is 0.243 e. The fraction of sp³-hybridized carbons (Fsp3) is 0.429. The number of carbonyl (C=O) groups excluding carboxylic acids is 2. The van der Waals surface area contributed by atoms with Crippen LogP contribution in [0.15, 0.2) is 24.3 Å². The lowest BCUT2D eigenvalue weighted by Gasteiger charge is -2.25. The van der Waals surface area contributed by atoms with Crippen molar-refractivity contribution in [1.82, 2.24) is 10.6 Å². The third-order valence-corrected chi connectivity index (χ3v) is 6.78. The van der Waals surface area contributed by atoms with E-state index in [0.717, 1.165) is 0 Å². The Balaban J connectivity index is 2.65. The predicted octanol–water partition coefficient (Wildman–Crippen LogP) is 1.35. The van der Waals surface area contributed by atoms with Crippen LogP contribution in [-0.4, -0.2) is 37.9 Å². The normalized spacial score (nSPS) is 12.6. The summed E-state index contributed by atoms with van der Waals surface area (Å²) < 4.78 is 0. The van der Waals surface area contributed by atoms with Crippen LogP contribution in [0.3, 0.4) is 0 Å². The Hall–Kier alpha value is -0.983. The summed E-state index contributed by atoms with van der Waals surface area (Å²) in [5, 5.41) is 7.42. The Labute approximate surface area is 137 Å². The van der Waals surface area contributed by atoms with Crippen LogP contribution < -0.4 is 15.8 Å². The number of benzene rings is 1. The first kappa shape index (κ1) is 18.1. The van der Waals surface area contributed by atoms with Crippen molar-refractivity contribution in [1.29, 1.82) is 0 Å². The molecule has 2 amide bonds. The van der Waals surface area contributed by atoms with Gasteiger partial charge in [-0.1, -0.05) is 42.0 Å². The van der Waals surface area contributed by atoms with Gasteiger partial charge in [-0.15, -0.1) is 0 Å². The molecule has 7 heteroatoms. The highest BCUT2D eigenvalue weighted by Crippen LogP contribution is 2.08. The molecule has 2 N–H and O–H groups in total. The summed E-state index contributed by atoms with van der Waals surface area (Å²) >= 11 is 9.99. The van der Waals surface area contributed by atoms with Gasteiger partial charge >= 0.3 is 0 Å². The maximum absolute atomic E-state index is 12.1. The monoisotopic (exact) mass is 344 g/mol. The molecule has 0 saturated heterocycles. The zero-order valence-electron chi connectivity index (χ0n) is 12.4. The maximum atomic E-state index is 12.1. The number of halogens is 1. The van der Waals surface area contributed by atoms with Crippen LogP contribution in [0.5, 0.6) is 0 Å². The van der Waals surface area contributed by atoms with E-state index >= 15 is 0 Å². The molecule has 0 aliphatic heterocycles. The van der Waals surface area contributed by atoms with Gasteiger partial charge in [0.1, 0.15) is 14.1 Å². The number of hydrogen-bond donors (Lipinski definition) is 3. The molecule has 1 rings (SSSR count). The van der Waals surface area contributed by atoms with E-state index in [2.05, 4.69) is 36.4 Å². The van der Waals surface area contributed by atoms with Crippen molar-refractivity contribution in [3.05, 3.63) is 29.3 Å². The predicted molar refractivity (Wildman–Crippen MR) is 93.0 cm³/mol. The first-order chi connectivity index (χ1) is 9.76. The van der Waals surface area contributed by atoms with Gasteiger partial charge in [-0.3, -0.25) is 9.59 Å². The van der Waals surface area contributed by atoms with Crippen molar-refractivity contribution >= 4 is 49.3 Å². The second-order valence-electron chi connectivity index (χ2n) is 5.54. The molecule has 0 aliphatic carbocycles. The van der Waals surface area contributed by atoms with E-state index in [0.29, 0.717) is 11.2 Å². The Bertz CT molecular complexity index is 508. The Morgan fingerprint density at radius 2 is 1.86 bits per heavy atom. The highest BCUT2D eigenvalue weighted by Gasteiger charge is 2.26. The molecule has 1 unspecified atom stereocenters. The summed E-state index contributed by atoms with van der Waals surface area (Å²) in [5.74, 6) is -0.165. The first-order valence-electron chi connectivity index (χ1n) is 6.68. The molecule has 0 heterocycles. The zero-order chi connectivity index (χ0) is 16.0. The third-order valence-electron chi connectivity index (χ3n) is 3.21. The molecule has 0 aliphatic rings. The number of thiol groups is 1. The minimum atomic E-state index is -1.79. The summed E-state index contributed by atoms with van der Waals surface area (Å²) in [6.45, 7) is 5.73. The number of rotatable bonds is 6. The molecular weight excluding hydrogens is 324 g/mol. The molecule has 0 fully saturated rings. The van der Waals surface area contributed by atoms with Gasteiger partial charge in [-0.05, 0) is 12.1 Å². The number of nitrogens with one attached hydrogen (secondary N) is 2. The van der Waals surface area contributed by atoms with Crippen LogP contribution in [0, 0.1) is 0 Å². The Morgan fingerprint density at radius 1 is 1.29 bits per heavy atom. The largest absolute Gasteiger partial charge is 0.357 e. The van der Waals surface area contributed by atoms with E-state index in [1.54, 1.807) is 0 Å². The van der Waals surface area contributed by atoms with Gasteiger partial charge in [0, 0.05) is 23.9 Å². The van der Waals surface area contributed by atoms with Crippen molar-refractivity contribution in [3.8, 4) is 0 Å². The topological polar surface area (TPSA) is 58.2 Å². The average Bonchev–Trinajstić information content (AvgIpc) is 2.42. The molecule has 116 valence electrons. The molecule has 21 heavy (non-hydrogen) atoms. The lowest BCUT2D eigenvalue weighted by atomic mass is 10.3. The van der Waals surface area contributed by atoms with Crippen LogP contribution in [-0.2, 0) is 9.59 Å². The van der Waals surface area contributed by atoms with E-state index in [1.165, 1.54) is 12.1 Å². The molecule has 0 radical (unpaired) electrons. The number of carbonyl (C=O) groups is 2. The van der Waals surface area contributed by atoms with E-state index in [9.17, 15) is 9.59 Å². The summed E-state index contributed by atoms with van der Waals surface area (Å²) in [6, 6.07) is 7.14. The van der Waals surface area contributed by atoms with E-state index in [4.69, 9.17) is 11.6 Å². The van der Waals surface area contributed by atoms with Gasteiger partial charge in [-0.2, -0.15) is 12.6 Å². The SMILES string of the molecule is CC(=O)NC(CS)C(=O)NC[Si](C)(C)c1ccc(Cl)cc1. The Kier molecular flexibility index (Phi) is 6.77. The number of amides is 2. The van der Waals surface area contributed by atoms with Crippen molar-refractivity contribution in [2.75, 3.05) is 11.9 Å². The molecule has 1 atom stereocenters. The van der Waals surface area contributed by atoms with Crippen LogP contribution in [0.2, 0.25) is 18.1 Å². The van der Waals surface area contributed by atoms with Crippen molar-refractivity contribution < 1.29 is 9.59 Å². The third kappa shape index (κ3) is 5.72. The van der Waals surface area contributed by atoms with Gasteiger partial charge in [0.15, 0.2) is 0 Å². The molecule has 1 aromatic carbocycles. The first-order valence-corrected chi connectivity index (χ1v) is 10.9. The fourth-order valence-corrected chi connectivity index (χ4v) is 4.15. The van der Waals surface area contributed by atoms with Crippen molar-refractivity contribution in [2.24, 2.45) is 0 Å². The fourth-order valence-electron chi connectivity index (χ4n) is 1.87. The van der Waals surface area contributed by atoms with Crippen molar-refractivity contribution in [3.63, 3.8) is 0 Å². The molecule has 0 spiro atoms. The van der Waals surface area contributed by atoms with Gasteiger partial charge in [0.2, 0.25) is 11.8 Å².